The van der Waals surface area contributed by atoms with Gasteiger partial charge in [0.1, 0.15) is 12.1 Å². The van der Waals surface area contributed by atoms with Crippen LogP contribution in [0.2, 0.25) is 0 Å². The van der Waals surface area contributed by atoms with E-state index in [1.807, 2.05) is 13.8 Å². The first kappa shape index (κ1) is 19.4. The Morgan fingerprint density at radius 1 is 1.25 bits per heavy atom. The number of aryl methyl sites for hydroxylation is 2. The molecule has 8 nitrogen and oxygen atoms in total. The quantitative estimate of drug-likeness (QED) is 0.621. The van der Waals surface area contributed by atoms with Crippen molar-refractivity contribution in [2.75, 3.05) is 6.61 Å². The van der Waals surface area contributed by atoms with E-state index in [0.717, 1.165) is 17.0 Å². The molecule has 0 aliphatic carbocycles. The van der Waals surface area contributed by atoms with Crippen LogP contribution in [0.15, 0.2) is 30.6 Å². The maximum atomic E-state index is 13.5. The molecule has 0 radical (unpaired) electrons. The molecule has 0 fully saturated rings. The van der Waals surface area contributed by atoms with E-state index in [9.17, 15) is 14.0 Å². The smallest absolute Gasteiger partial charge is 0.306 e. The van der Waals surface area contributed by atoms with Crippen molar-refractivity contribution in [3.05, 3.63) is 58.9 Å². The summed E-state index contributed by atoms with van der Waals surface area (Å²) in [5.41, 5.74) is 2.88. The summed E-state index contributed by atoms with van der Waals surface area (Å²) in [7, 11) is 0. The number of fused-ring (bicyclic) bond motifs is 1. The van der Waals surface area contributed by atoms with Gasteiger partial charge in [-0.2, -0.15) is 10.1 Å². The Balaban J connectivity index is 1.47. The first-order chi connectivity index (χ1) is 13.5. The minimum absolute atomic E-state index is 0.0328. The highest BCUT2D eigenvalue weighted by atomic mass is 19.1. The number of esters is 1. The maximum absolute atomic E-state index is 13.5. The van der Waals surface area contributed by atoms with E-state index in [2.05, 4.69) is 20.4 Å². The van der Waals surface area contributed by atoms with Gasteiger partial charge in [0.05, 0.1) is 0 Å². The number of hydrogen-bond donors (Lipinski definition) is 1. The van der Waals surface area contributed by atoms with Crippen LogP contribution in [0.5, 0.6) is 0 Å². The molecule has 2 aromatic heterocycles. The summed E-state index contributed by atoms with van der Waals surface area (Å²) in [5, 5.41) is 6.63. The van der Waals surface area contributed by atoms with Crippen LogP contribution in [0, 0.1) is 19.7 Å². The SMILES string of the molecule is Cc1nc2ncnn2c(C)c1CCC(=O)OCC(=O)NCc1ccccc1F. The fourth-order valence-electron chi connectivity index (χ4n) is 2.85. The minimum atomic E-state index is -0.501. The third kappa shape index (κ3) is 4.48. The average Bonchev–Trinajstić information content (AvgIpc) is 3.14. The summed E-state index contributed by atoms with van der Waals surface area (Å²) >= 11 is 0. The second-order valence-corrected chi connectivity index (χ2v) is 6.26. The fourth-order valence-corrected chi connectivity index (χ4v) is 2.85. The Morgan fingerprint density at radius 3 is 2.82 bits per heavy atom. The predicted molar refractivity (Wildman–Crippen MR) is 97.8 cm³/mol. The Morgan fingerprint density at radius 2 is 2.04 bits per heavy atom. The van der Waals surface area contributed by atoms with E-state index in [1.165, 1.54) is 12.4 Å². The highest BCUT2D eigenvalue weighted by Gasteiger charge is 2.14. The summed E-state index contributed by atoms with van der Waals surface area (Å²) in [6.07, 6.45) is 1.94. The van der Waals surface area contributed by atoms with Crippen LogP contribution in [-0.2, 0) is 27.3 Å². The average molecular weight is 385 g/mol. The Hall–Kier alpha value is -3.36. The Bertz CT molecular complexity index is 1020. The van der Waals surface area contributed by atoms with E-state index in [1.54, 1.807) is 22.7 Å². The van der Waals surface area contributed by atoms with Gasteiger partial charge in [-0.1, -0.05) is 18.2 Å². The molecule has 0 saturated carbocycles. The topological polar surface area (TPSA) is 98.5 Å². The van der Waals surface area contributed by atoms with E-state index in [0.29, 0.717) is 17.8 Å². The van der Waals surface area contributed by atoms with Crippen LogP contribution in [0.3, 0.4) is 0 Å². The second-order valence-electron chi connectivity index (χ2n) is 6.26. The molecule has 2 heterocycles. The lowest BCUT2D eigenvalue weighted by atomic mass is 10.1. The fraction of sp³-hybridized carbons (Fsp3) is 0.316. The van der Waals surface area contributed by atoms with Gasteiger partial charge < -0.3 is 10.1 Å². The lowest BCUT2D eigenvalue weighted by Gasteiger charge is -2.10. The molecule has 1 amide bonds. The molecule has 1 aromatic carbocycles. The van der Waals surface area contributed by atoms with Crippen molar-refractivity contribution in [3.8, 4) is 0 Å². The summed E-state index contributed by atoms with van der Waals surface area (Å²) in [4.78, 5) is 32.2. The van der Waals surface area contributed by atoms with Gasteiger partial charge >= 0.3 is 5.97 Å². The number of benzene rings is 1. The molecule has 0 saturated heterocycles. The number of aromatic nitrogens is 4. The molecule has 9 heteroatoms. The van der Waals surface area contributed by atoms with Crippen molar-refractivity contribution >= 4 is 17.7 Å². The highest BCUT2D eigenvalue weighted by Crippen LogP contribution is 2.15. The summed E-state index contributed by atoms with van der Waals surface area (Å²) in [6, 6.07) is 6.14. The molecular formula is C19H20FN5O3. The van der Waals surface area contributed by atoms with Crippen LogP contribution >= 0.6 is 0 Å². The predicted octanol–water partition coefficient (Wildman–Crippen LogP) is 1.67. The standard InChI is InChI=1S/C19H20FN5O3/c1-12-15(13(2)25-19(24-12)22-11-23-25)7-8-18(27)28-10-17(26)21-9-14-5-3-4-6-16(14)20/h3-6,11H,7-10H2,1-2H3,(H,21,26). The van der Waals surface area contributed by atoms with Crippen LogP contribution in [0.25, 0.3) is 5.78 Å². The molecule has 0 aliphatic heterocycles. The number of carbonyl (C=O) groups is 2. The molecule has 3 aromatic rings. The summed E-state index contributed by atoms with van der Waals surface area (Å²) in [5.74, 6) is -0.885. The Kier molecular flexibility index (Phi) is 5.93. The monoisotopic (exact) mass is 385 g/mol. The third-order valence-corrected chi connectivity index (χ3v) is 4.37. The van der Waals surface area contributed by atoms with Crippen molar-refractivity contribution in [1.82, 2.24) is 24.9 Å². The van der Waals surface area contributed by atoms with Crippen molar-refractivity contribution < 1.29 is 18.7 Å². The van der Waals surface area contributed by atoms with Crippen LogP contribution in [-0.4, -0.2) is 38.1 Å². The lowest BCUT2D eigenvalue weighted by Crippen LogP contribution is -2.28. The molecule has 0 spiro atoms. The molecular weight excluding hydrogens is 365 g/mol. The van der Waals surface area contributed by atoms with Gasteiger partial charge in [0.2, 0.25) is 0 Å². The zero-order valence-electron chi connectivity index (χ0n) is 15.6. The molecule has 1 N–H and O–H groups in total. The summed E-state index contributed by atoms with van der Waals surface area (Å²) in [6.45, 7) is 3.35. The van der Waals surface area contributed by atoms with E-state index in [4.69, 9.17) is 4.74 Å². The number of hydrogen-bond acceptors (Lipinski definition) is 6. The van der Waals surface area contributed by atoms with E-state index in [-0.39, 0.29) is 13.0 Å². The lowest BCUT2D eigenvalue weighted by molar-refractivity contribution is -0.148. The van der Waals surface area contributed by atoms with Gasteiger partial charge in [0, 0.05) is 29.9 Å². The zero-order chi connectivity index (χ0) is 20.1. The largest absolute Gasteiger partial charge is 0.456 e. The number of halogens is 1. The van der Waals surface area contributed by atoms with Gasteiger partial charge in [-0.15, -0.1) is 0 Å². The number of amides is 1. The van der Waals surface area contributed by atoms with Crippen molar-refractivity contribution in [2.45, 2.75) is 33.2 Å². The van der Waals surface area contributed by atoms with Crippen molar-refractivity contribution in [2.24, 2.45) is 0 Å². The number of rotatable bonds is 7. The van der Waals surface area contributed by atoms with E-state index >= 15 is 0 Å². The second kappa shape index (κ2) is 8.55. The third-order valence-electron chi connectivity index (χ3n) is 4.37. The normalized spacial score (nSPS) is 10.8. The first-order valence-corrected chi connectivity index (χ1v) is 8.77. The molecule has 0 atom stereocenters. The molecule has 0 unspecified atom stereocenters. The molecule has 28 heavy (non-hydrogen) atoms. The highest BCUT2D eigenvalue weighted by molar-refractivity contribution is 5.80. The van der Waals surface area contributed by atoms with Crippen molar-refractivity contribution in [3.63, 3.8) is 0 Å². The first-order valence-electron chi connectivity index (χ1n) is 8.77. The van der Waals surface area contributed by atoms with Gasteiger partial charge in [-0.25, -0.2) is 13.9 Å². The minimum Gasteiger partial charge on any atom is -0.456 e. The number of nitrogens with one attached hydrogen (secondary N) is 1. The maximum Gasteiger partial charge on any atom is 0.306 e. The molecule has 3 rings (SSSR count). The van der Waals surface area contributed by atoms with Crippen molar-refractivity contribution in [1.29, 1.82) is 0 Å². The molecule has 0 aliphatic rings. The van der Waals surface area contributed by atoms with Gasteiger partial charge in [-0.05, 0) is 31.9 Å². The van der Waals surface area contributed by atoms with Crippen LogP contribution in [0.4, 0.5) is 4.39 Å². The van der Waals surface area contributed by atoms with Crippen LogP contribution < -0.4 is 5.32 Å². The molecule has 146 valence electrons. The van der Waals surface area contributed by atoms with Gasteiger partial charge in [0.25, 0.3) is 11.7 Å². The zero-order valence-corrected chi connectivity index (χ0v) is 15.6. The number of carbonyl (C=O) groups excluding carboxylic acids is 2. The number of ether oxygens (including phenoxy) is 1. The Labute approximate surface area is 160 Å². The molecule has 0 bridgehead atoms. The number of nitrogens with zero attached hydrogens (tertiary/aromatic N) is 4. The van der Waals surface area contributed by atoms with Crippen LogP contribution in [0.1, 0.15) is 28.9 Å². The summed E-state index contributed by atoms with van der Waals surface area (Å²) < 4.78 is 20.1. The van der Waals surface area contributed by atoms with E-state index < -0.39 is 24.3 Å². The van der Waals surface area contributed by atoms with Gasteiger partial charge in [0.15, 0.2) is 6.61 Å². The van der Waals surface area contributed by atoms with Gasteiger partial charge in [-0.3, -0.25) is 9.59 Å².